The summed E-state index contributed by atoms with van der Waals surface area (Å²) in [6, 6.07) is 0. The molecule has 72 valence electrons. The molecule has 2 unspecified atom stereocenters. The van der Waals surface area contributed by atoms with Gasteiger partial charge in [0.05, 0.1) is 6.10 Å². The van der Waals surface area contributed by atoms with Crippen LogP contribution in [0.4, 0.5) is 0 Å². The molecule has 0 saturated heterocycles. The number of hydrogen-bond acceptors (Lipinski definition) is 4. The van der Waals surface area contributed by atoms with E-state index in [2.05, 4.69) is 4.74 Å². The fourth-order valence-corrected chi connectivity index (χ4v) is 0.496. The minimum atomic E-state index is -1.44. The first-order valence-electron chi connectivity index (χ1n) is 3.97. The summed E-state index contributed by atoms with van der Waals surface area (Å²) in [6.45, 7) is 4.50. The van der Waals surface area contributed by atoms with E-state index in [-0.39, 0.29) is 6.61 Å². The summed E-state index contributed by atoms with van der Waals surface area (Å²) in [7, 11) is 0. The summed E-state index contributed by atoms with van der Waals surface area (Å²) in [5, 5.41) is 18.1. The Hall–Kier alpha value is -0.610. The summed E-state index contributed by atoms with van der Waals surface area (Å²) in [4.78, 5) is 11.0. The second-order valence-corrected chi connectivity index (χ2v) is 3.07. The van der Waals surface area contributed by atoms with Gasteiger partial charge >= 0.3 is 5.97 Å². The summed E-state index contributed by atoms with van der Waals surface area (Å²) < 4.78 is 4.62. The summed E-state index contributed by atoms with van der Waals surface area (Å²) in [6.07, 6.45) is -0.396. The molecule has 4 heteroatoms. The molecule has 0 fully saturated rings. The number of ether oxygens (including phenoxy) is 1. The molecule has 12 heavy (non-hydrogen) atoms. The second-order valence-electron chi connectivity index (χ2n) is 3.07. The molecular weight excluding hydrogens is 160 g/mol. The minimum absolute atomic E-state index is 0.0744. The lowest BCUT2D eigenvalue weighted by Crippen LogP contribution is -2.37. The number of hydrogen-bond donors (Lipinski definition) is 2. The first-order chi connectivity index (χ1) is 5.40. The minimum Gasteiger partial charge on any atom is -0.461 e. The Balaban J connectivity index is 3.88. The Morgan fingerprint density at radius 2 is 2.17 bits per heavy atom. The summed E-state index contributed by atoms with van der Waals surface area (Å²) in [5.41, 5.74) is -1.44. The Morgan fingerprint density at radius 1 is 1.67 bits per heavy atom. The highest BCUT2D eigenvalue weighted by atomic mass is 16.6. The van der Waals surface area contributed by atoms with Crippen molar-refractivity contribution in [1.29, 1.82) is 0 Å². The molecule has 0 bridgehead atoms. The van der Waals surface area contributed by atoms with Crippen molar-refractivity contribution < 1.29 is 19.7 Å². The zero-order valence-corrected chi connectivity index (χ0v) is 7.70. The maximum atomic E-state index is 11.0. The lowest BCUT2D eigenvalue weighted by molar-refractivity contribution is -0.166. The van der Waals surface area contributed by atoms with Crippen molar-refractivity contribution in [1.82, 2.24) is 0 Å². The van der Waals surface area contributed by atoms with Crippen molar-refractivity contribution in [3.8, 4) is 0 Å². The molecule has 0 rings (SSSR count). The van der Waals surface area contributed by atoms with Crippen molar-refractivity contribution in [3.63, 3.8) is 0 Å². The third-order valence-corrected chi connectivity index (χ3v) is 1.58. The van der Waals surface area contributed by atoms with Gasteiger partial charge in [-0.05, 0) is 20.3 Å². The van der Waals surface area contributed by atoms with Gasteiger partial charge < -0.3 is 14.9 Å². The van der Waals surface area contributed by atoms with Crippen LogP contribution < -0.4 is 0 Å². The van der Waals surface area contributed by atoms with Crippen LogP contribution in [0.5, 0.6) is 0 Å². The maximum Gasteiger partial charge on any atom is 0.337 e. The molecular formula is C8H16O4. The van der Waals surface area contributed by atoms with Gasteiger partial charge in [0.25, 0.3) is 0 Å². The van der Waals surface area contributed by atoms with E-state index in [1.54, 1.807) is 6.92 Å². The molecule has 2 atom stereocenters. The van der Waals surface area contributed by atoms with Gasteiger partial charge in [0.15, 0.2) is 5.60 Å². The van der Waals surface area contributed by atoms with Crippen LogP contribution in [0.2, 0.25) is 0 Å². The highest BCUT2D eigenvalue weighted by Gasteiger charge is 2.29. The number of carbonyl (C=O) groups excluding carboxylic acids is 1. The van der Waals surface area contributed by atoms with Gasteiger partial charge in [-0.2, -0.15) is 0 Å². The quantitative estimate of drug-likeness (QED) is 0.595. The van der Waals surface area contributed by atoms with Gasteiger partial charge in [-0.1, -0.05) is 6.92 Å². The predicted molar refractivity (Wildman–Crippen MR) is 43.6 cm³/mol. The Morgan fingerprint density at radius 3 is 2.50 bits per heavy atom. The first kappa shape index (κ1) is 11.4. The molecule has 2 N–H and O–H groups in total. The molecule has 0 aliphatic carbocycles. The lowest BCUT2D eigenvalue weighted by Gasteiger charge is -2.19. The fraction of sp³-hybridized carbons (Fsp3) is 0.875. The van der Waals surface area contributed by atoms with Gasteiger partial charge in [-0.25, -0.2) is 4.79 Å². The molecule has 0 aliphatic rings. The van der Waals surface area contributed by atoms with Gasteiger partial charge in [-0.15, -0.1) is 0 Å². The number of aliphatic hydroxyl groups is 2. The van der Waals surface area contributed by atoms with E-state index in [0.717, 1.165) is 0 Å². The molecule has 0 radical (unpaired) electrons. The van der Waals surface area contributed by atoms with Crippen molar-refractivity contribution in [2.24, 2.45) is 0 Å². The molecule has 0 aromatic carbocycles. The maximum absolute atomic E-state index is 11.0. The van der Waals surface area contributed by atoms with E-state index < -0.39 is 17.7 Å². The highest BCUT2D eigenvalue weighted by molar-refractivity contribution is 5.78. The molecule has 0 aromatic heterocycles. The Bertz CT molecular complexity index is 151. The van der Waals surface area contributed by atoms with Crippen molar-refractivity contribution in [3.05, 3.63) is 0 Å². The molecule has 4 nitrogen and oxygen atoms in total. The molecule has 0 amide bonds. The number of aliphatic hydroxyl groups excluding tert-OH is 1. The second kappa shape index (κ2) is 4.42. The summed E-state index contributed by atoms with van der Waals surface area (Å²) >= 11 is 0. The lowest BCUT2D eigenvalue weighted by atomic mass is 10.1. The predicted octanol–water partition coefficient (Wildman–Crippen LogP) is 0.0714. The first-order valence-corrected chi connectivity index (χ1v) is 3.97. The van der Waals surface area contributed by atoms with E-state index in [0.29, 0.717) is 6.42 Å². The van der Waals surface area contributed by atoms with Crippen LogP contribution in [0.3, 0.4) is 0 Å². The highest BCUT2D eigenvalue weighted by Crippen LogP contribution is 2.10. The summed E-state index contributed by atoms with van der Waals surface area (Å²) in [5.74, 6) is -0.689. The van der Waals surface area contributed by atoms with Crippen LogP contribution >= 0.6 is 0 Å². The van der Waals surface area contributed by atoms with Crippen LogP contribution in [-0.4, -0.2) is 34.5 Å². The van der Waals surface area contributed by atoms with Gasteiger partial charge in [0.1, 0.15) is 6.61 Å². The monoisotopic (exact) mass is 176 g/mol. The van der Waals surface area contributed by atoms with E-state index in [1.165, 1.54) is 13.8 Å². The van der Waals surface area contributed by atoms with Gasteiger partial charge in [-0.3, -0.25) is 0 Å². The topological polar surface area (TPSA) is 66.8 Å². The SMILES string of the molecule is CCC(C)(O)C(=O)OCC(C)O. The number of rotatable bonds is 4. The fourth-order valence-electron chi connectivity index (χ4n) is 0.496. The molecule has 0 spiro atoms. The van der Waals surface area contributed by atoms with E-state index in [1.807, 2.05) is 0 Å². The van der Waals surface area contributed by atoms with Crippen molar-refractivity contribution in [2.45, 2.75) is 38.9 Å². The number of esters is 1. The zero-order chi connectivity index (χ0) is 9.78. The third-order valence-electron chi connectivity index (χ3n) is 1.58. The average Bonchev–Trinajstić information content (AvgIpc) is 2.00. The van der Waals surface area contributed by atoms with E-state index in [4.69, 9.17) is 5.11 Å². The Labute approximate surface area is 72.2 Å². The molecule has 0 aliphatic heterocycles. The smallest absolute Gasteiger partial charge is 0.337 e. The largest absolute Gasteiger partial charge is 0.461 e. The van der Waals surface area contributed by atoms with E-state index >= 15 is 0 Å². The van der Waals surface area contributed by atoms with Crippen LogP contribution in [0.1, 0.15) is 27.2 Å². The van der Waals surface area contributed by atoms with E-state index in [9.17, 15) is 9.90 Å². The normalized spacial score (nSPS) is 18.1. The zero-order valence-electron chi connectivity index (χ0n) is 7.70. The van der Waals surface area contributed by atoms with Gasteiger partial charge in [0, 0.05) is 0 Å². The Kier molecular flexibility index (Phi) is 4.20. The molecule has 0 aromatic rings. The standard InChI is InChI=1S/C8H16O4/c1-4-8(3,11)7(10)12-5-6(2)9/h6,9,11H,4-5H2,1-3H3. The molecule has 0 saturated carbocycles. The number of carbonyl (C=O) groups is 1. The van der Waals surface area contributed by atoms with Crippen LogP contribution in [0, 0.1) is 0 Å². The average molecular weight is 176 g/mol. The third kappa shape index (κ3) is 3.69. The van der Waals surface area contributed by atoms with Crippen molar-refractivity contribution >= 4 is 5.97 Å². The molecule has 0 heterocycles. The van der Waals surface area contributed by atoms with Crippen LogP contribution in [-0.2, 0) is 9.53 Å². The van der Waals surface area contributed by atoms with Gasteiger partial charge in [0.2, 0.25) is 0 Å². The van der Waals surface area contributed by atoms with Crippen LogP contribution in [0.25, 0.3) is 0 Å². The van der Waals surface area contributed by atoms with Crippen LogP contribution in [0.15, 0.2) is 0 Å². The van der Waals surface area contributed by atoms with Crippen molar-refractivity contribution in [2.75, 3.05) is 6.61 Å².